The molecular weight excluding hydrogens is 333 g/mol. The molecule has 0 heterocycles. The van der Waals surface area contributed by atoms with Crippen molar-refractivity contribution in [2.24, 2.45) is 0 Å². The van der Waals surface area contributed by atoms with Crippen molar-refractivity contribution in [1.29, 1.82) is 0 Å². The number of rotatable bonds is 12. The van der Waals surface area contributed by atoms with Crippen LogP contribution in [0.1, 0.15) is 20.3 Å². The molecule has 0 aliphatic carbocycles. The number of ether oxygens (including phenoxy) is 3. The number of anilines is 1. The Bertz CT molecular complexity index is 499. The van der Waals surface area contributed by atoms with Crippen molar-refractivity contribution in [1.82, 2.24) is 0 Å². The zero-order valence-electron chi connectivity index (χ0n) is 14.5. The van der Waals surface area contributed by atoms with Gasteiger partial charge in [0.15, 0.2) is 11.6 Å². The normalized spacial score (nSPS) is 10.9. The van der Waals surface area contributed by atoms with E-state index in [1.54, 1.807) is 18.4 Å². The molecule has 0 atom stereocenters. The van der Waals surface area contributed by atoms with Crippen LogP contribution in [-0.2, 0) is 14.3 Å². The van der Waals surface area contributed by atoms with Gasteiger partial charge in [0, 0.05) is 31.0 Å². The molecule has 0 aromatic heterocycles. The van der Waals surface area contributed by atoms with Crippen LogP contribution in [0.15, 0.2) is 18.2 Å². The number of benzene rings is 1. The minimum Gasteiger partial charge on any atom is -0.488 e. The predicted octanol–water partition coefficient (Wildman–Crippen LogP) is 3.34. The minimum atomic E-state index is -0.392. The van der Waals surface area contributed by atoms with E-state index in [0.29, 0.717) is 26.2 Å². The Kier molecular flexibility index (Phi) is 10.5. The molecule has 5 nitrogen and oxygen atoms in total. The molecule has 0 bridgehead atoms. The van der Waals surface area contributed by atoms with Gasteiger partial charge in [-0.25, -0.2) is 4.39 Å². The van der Waals surface area contributed by atoms with E-state index in [0.717, 1.165) is 17.4 Å². The molecule has 0 spiro atoms. The van der Waals surface area contributed by atoms with Crippen LogP contribution in [0.2, 0.25) is 0 Å². The van der Waals surface area contributed by atoms with E-state index in [1.165, 1.54) is 6.07 Å². The monoisotopic (exact) mass is 359 g/mol. The maximum absolute atomic E-state index is 13.7. The molecule has 7 heteroatoms. The molecule has 1 aromatic rings. The second-order valence-corrected chi connectivity index (χ2v) is 6.25. The topological polar surface area (TPSA) is 56.8 Å². The average molecular weight is 359 g/mol. The quantitative estimate of drug-likeness (QED) is 0.578. The Morgan fingerprint density at radius 1 is 1.21 bits per heavy atom. The molecule has 0 saturated heterocycles. The summed E-state index contributed by atoms with van der Waals surface area (Å²) in [6.45, 7) is 5.78. The van der Waals surface area contributed by atoms with E-state index in [4.69, 9.17) is 14.2 Å². The molecule has 0 aliphatic heterocycles. The van der Waals surface area contributed by atoms with Crippen LogP contribution in [0.3, 0.4) is 0 Å². The number of hydrogen-bond donors (Lipinski definition) is 1. The highest BCUT2D eigenvalue weighted by molar-refractivity contribution is 8.13. The molecule has 136 valence electrons. The summed E-state index contributed by atoms with van der Waals surface area (Å²) in [5.74, 6) is -0.181. The van der Waals surface area contributed by atoms with E-state index in [2.05, 4.69) is 5.32 Å². The third kappa shape index (κ3) is 9.10. The fourth-order valence-corrected chi connectivity index (χ4v) is 2.03. The number of nitrogens with one attached hydrogen (secondary N) is 1. The summed E-state index contributed by atoms with van der Waals surface area (Å²) in [5, 5.41) is 3.21. The summed E-state index contributed by atoms with van der Waals surface area (Å²) in [7, 11) is 0. The first-order valence-electron chi connectivity index (χ1n) is 7.94. The molecule has 24 heavy (non-hydrogen) atoms. The number of halogens is 1. The average Bonchev–Trinajstić information content (AvgIpc) is 2.55. The van der Waals surface area contributed by atoms with Gasteiger partial charge in [-0.15, -0.1) is 0 Å². The van der Waals surface area contributed by atoms with Crippen molar-refractivity contribution in [3.8, 4) is 5.75 Å². The first-order valence-corrected chi connectivity index (χ1v) is 9.16. The van der Waals surface area contributed by atoms with Gasteiger partial charge < -0.3 is 19.5 Å². The molecule has 0 unspecified atom stereocenters. The lowest BCUT2D eigenvalue weighted by atomic mass is 10.2. The minimum absolute atomic E-state index is 0.0144. The molecule has 0 aliphatic rings. The first kappa shape index (κ1) is 20.7. The molecule has 0 fully saturated rings. The summed E-state index contributed by atoms with van der Waals surface area (Å²) in [6.07, 6.45) is 2.43. The lowest BCUT2D eigenvalue weighted by Gasteiger charge is -2.13. The van der Waals surface area contributed by atoms with E-state index < -0.39 is 5.82 Å². The van der Waals surface area contributed by atoms with Gasteiger partial charge in [-0.05, 0) is 38.7 Å². The third-order valence-corrected chi connectivity index (χ3v) is 3.47. The van der Waals surface area contributed by atoms with Crippen LogP contribution in [0.4, 0.5) is 10.1 Å². The van der Waals surface area contributed by atoms with Gasteiger partial charge in [-0.3, -0.25) is 4.79 Å². The summed E-state index contributed by atoms with van der Waals surface area (Å²) in [5.41, 5.74) is 0.819. The second-order valence-electron chi connectivity index (χ2n) is 5.39. The highest BCUT2D eigenvalue weighted by atomic mass is 32.2. The van der Waals surface area contributed by atoms with E-state index in [9.17, 15) is 9.18 Å². The number of thioether (sulfide) groups is 1. The highest BCUT2D eigenvalue weighted by Gasteiger charge is 2.06. The summed E-state index contributed by atoms with van der Waals surface area (Å²) >= 11 is 1.16. The van der Waals surface area contributed by atoms with Gasteiger partial charge in [0.1, 0.15) is 13.2 Å². The summed E-state index contributed by atoms with van der Waals surface area (Å²) < 4.78 is 29.7. The lowest BCUT2D eigenvalue weighted by Crippen LogP contribution is -2.12. The van der Waals surface area contributed by atoms with Crippen LogP contribution in [0.5, 0.6) is 5.75 Å². The molecule has 0 radical (unpaired) electrons. The van der Waals surface area contributed by atoms with Gasteiger partial charge >= 0.3 is 0 Å². The van der Waals surface area contributed by atoms with E-state index in [-0.39, 0.29) is 30.1 Å². The lowest BCUT2D eigenvalue weighted by molar-refractivity contribution is -0.115. The van der Waals surface area contributed by atoms with Crippen molar-refractivity contribution in [2.45, 2.75) is 26.3 Å². The third-order valence-electron chi connectivity index (χ3n) is 2.90. The summed E-state index contributed by atoms with van der Waals surface area (Å²) in [6, 6.07) is 4.97. The fourth-order valence-electron chi connectivity index (χ4n) is 1.83. The van der Waals surface area contributed by atoms with Crippen molar-refractivity contribution >= 4 is 22.6 Å². The summed E-state index contributed by atoms with van der Waals surface area (Å²) in [4.78, 5) is 11.0. The van der Waals surface area contributed by atoms with Crippen LogP contribution in [-0.4, -0.2) is 50.4 Å². The molecule has 1 aromatic carbocycles. The number of carbonyl (C=O) groups excluding carboxylic acids is 1. The Morgan fingerprint density at radius 2 is 1.96 bits per heavy atom. The zero-order chi connectivity index (χ0) is 17.8. The standard InChI is InChI=1S/C17H26FNO4S/c1-13(2)19-14-5-6-15(18)16(11-14)23-10-9-21-7-4-8-22-12-17(20)24-3/h5-6,11,13,19H,4,7-10,12H2,1-3H3. The highest BCUT2D eigenvalue weighted by Crippen LogP contribution is 2.22. The van der Waals surface area contributed by atoms with Crippen molar-refractivity contribution in [3.63, 3.8) is 0 Å². The van der Waals surface area contributed by atoms with Gasteiger partial charge in [0.2, 0.25) is 5.12 Å². The molecule has 0 amide bonds. The maximum atomic E-state index is 13.7. The van der Waals surface area contributed by atoms with Crippen molar-refractivity contribution < 1.29 is 23.4 Å². The zero-order valence-corrected chi connectivity index (χ0v) is 15.3. The van der Waals surface area contributed by atoms with E-state index in [1.807, 2.05) is 13.8 Å². The van der Waals surface area contributed by atoms with Gasteiger partial charge in [0.25, 0.3) is 0 Å². The Hall–Kier alpha value is -1.31. The Labute approximate surface area is 147 Å². The van der Waals surface area contributed by atoms with Gasteiger partial charge in [-0.1, -0.05) is 11.8 Å². The Balaban J connectivity index is 2.13. The molecular formula is C17H26FNO4S. The smallest absolute Gasteiger partial charge is 0.214 e. The number of hydrogen-bond acceptors (Lipinski definition) is 6. The maximum Gasteiger partial charge on any atom is 0.214 e. The SMILES string of the molecule is CSC(=O)COCCCOCCOc1cc(NC(C)C)ccc1F. The van der Waals surface area contributed by atoms with Gasteiger partial charge in [0.05, 0.1) is 6.61 Å². The predicted molar refractivity (Wildman–Crippen MR) is 95.4 cm³/mol. The van der Waals surface area contributed by atoms with Crippen LogP contribution in [0.25, 0.3) is 0 Å². The van der Waals surface area contributed by atoms with Crippen molar-refractivity contribution in [2.75, 3.05) is 44.6 Å². The molecule has 1 N–H and O–H groups in total. The molecule has 1 rings (SSSR count). The molecule has 0 saturated carbocycles. The van der Waals surface area contributed by atoms with E-state index >= 15 is 0 Å². The number of carbonyl (C=O) groups is 1. The van der Waals surface area contributed by atoms with Crippen LogP contribution < -0.4 is 10.1 Å². The Morgan fingerprint density at radius 3 is 2.67 bits per heavy atom. The first-order chi connectivity index (χ1) is 11.5. The second kappa shape index (κ2) is 12.1. The van der Waals surface area contributed by atoms with Crippen molar-refractivity contribution in [3.05, 3.63) is 24.0 Å². The van der Waals surface area contributed by atoms with Crippen LogP contribution in [0, 0.1) is 5.82 Å². The largest absolute Gasteiger partial charge is 0.488 e. The fraction of sp³-hybridized carbons (Fsp3) is 0.588. The van der Waals surface area contributed by atoms with Crippen LogP contribution >= 0.6 is 11.8 Å². The van der Waals surface area contributed by atoms with Gasteiger partial charge in [-0.2, -0.15) is 0 Å².